The molecule has 24 heavy (non-hydrogen) atoms. The Labute approximate surface area is 144 Å². The smallest absolute Gasteiger partial charge is 0.265 e. The lowest BCUT2D eigenvalue weighted by Gasteiger charge is -2.42. The van der Waals surface area contributed by atoms with Gasteiger partial charge in [-0.25, -0.2) is 0 Å². The molecule has 0 spiro atoms. The van der Waals surface area contributed by atoms with Gasteiger partial charge in [0.1, 0.15) is 0 Å². The molecule has 0 aliphatic rings. The molecule has 2 amide bonds. The van der Waals surface area contributed by atoms with E-state index in [4.69, 9.17) is 0 Å². The van der Waals surface area contributed by atoms with Crippen molar-refractivity contribution in [3.63, 3.8) is 0 Å². The van der Waals surface area contributed by atoms with Crippen molar-refractivity contribution in [1.82, 2.24) is 9.13 Å². The first-order valence-electron chi connectivity index (χ1n) is 8.08. The number of hydrogen-bond acceptors (Lipinski definition) is 2. The molecule has 0 saturated carbocycles. The van der Waals surface area contributed by atoms with Crippen molar-refractivity contribution in [2.24, 2.45) is 0 Å². The van der Waals surface area contributed by atoms with Crippen LogP contribution in [0.25, 0.3) is 0 Å². The van der Waals surface area contributed by atoms with E-state index in [0.717, 1.165) is 6.04 Å². The van der Waals surface area contributed by atoms with Crippen molar-refractivity contribution in [3.05, 3.63) is 71.8 Å². The number of carbonyl (C=O) groups is 2. The molecule has 4 nitrogen and oxygen atoms in total. The van der Waals surface area contributed by atoms with Gasteiger partial charge in [0.15, 0.2) is 0 Å². The monoisotopic (exact) mass is 340 g/mol. The van der Waals surface area contributed by atoms with Gasteiger partial charge in [-0.05, 0) is 36.9 Å². The fourth-order valence-corrected chi connectivity index (χ4v) is 5.22. The Morgan fingerprint density at radius 3 is 1.42 bits per heavy atom. The van der Waals surface area contributed by atoms with Crippen LogP contribution in [0.4, 0.5) is 0 Å². The molecule has 5 heteroatoms. The number of hydrogen-bond donors (Lipinski definition) is 0. The molecule has 126 valence electrons. The molecule has 0 aliphatic carbocycles. The van der Waals surface area contributed by atoms with Crippen LogP contribution >= 0.6 is 0 Å². The number of amides is 2. The van der Waals surface area contributed by atoms with Crippen LogP contribution in [0.2, 0.25) is 12.6 Å². The summed E-state index contributed by atoms with van der Waals surface area (Å²) in [7, 11) is 1.16. The summed E-state index contributed by atoms with van der Waals surface area (Å²) in [6.45, 7) is 4.09. The normalized spacial score (nSPS) is 11.0. The topological polar surface area (TPSA) is 40.6 Å². The number of carbonyl (C=O) groups excluding carboxylic acids is 2. The zero-order chi connectivity index (χ0) is 17.7. The van der Waals surface area contributed by atoms with Gasteiger partial charge in [0.05, 0.1) is 0 Å². The van der Waals surface area contributed by atoms with Gasteiger partial charge >= 0.3 is 0 Å². The second-order valence-electron chi connectivity index (χ2n) is 6.03. The fraction of sp³-hybridized carbons (Fsp3) is 0.263. The largest absolute Gasteiger partial charge is 0.350 e. The lowest BCUT2D eigenvalue weighted by atomic mass is 10.2. The summed E-state index contributed by atoms with van der Waals surface area (Å²) in [5.74, 6) is -0.0846. The molecule has 0 aliphatic heterocycles. The first-order chi connectivity index (χ1) is 11.4. The van der Waals surface area contributed by atoms with Gasteiger partial charge in [-0.3, -0.25) is 9.59 Å². The summed E-state index contributed by atoms with van der Waals surface area (Å²) in [5, 5.41) is 0. The lowest BCUT2D eigenvalue weighted by molar-refractivity contribution is 0.0822. The van der Waals surface area contributed by atoms with Crippen molar-refractivity contribution in [2.45, 2.75) is 19.5 Å². The minimum Gasteiger partial charge on any atom is -0.350 e. The van der Waals surface area contributed by atoms with Crippen LogP contribution in [0.3, 0.4) is 0 Å². The van der Waals surface area contributed by atoms with Crippen LogP contribution in [0.5, 0.6) is 0 Å². The van der Waals surface area contributed by atoms with Crippen LogP contribution in [0.15, 0.2) is 60.7 Å². The summed E-state index contributed by atoms with van der Waals surface area (Å²) in [5.41, 5.74) is 1.29. The Morgan fingerprint density at radius 1 is 0.792 bits per heavy atom. The molecule has 0 fully saturated rings. The third kappa shape index (κ3) is 3.41. The first-order valence-corrected chi connectivity index (χ1v) is 10.7. The van der Waals surface area contributed by atoms with Crippen LogP contribution in [-0.4, -0.2) is 43.4 Å². The molecule has 2 aromatic rings. The van der Waals surface area contributed by atoms with E-state index >= 15 is 0 Å². The predicted molar refractivity (Wildman–Crippen MR) is 99.2 cm³/mol. The summed E-state index contributed by atoms with van der Waals surface area (Å²) in [4.78, 5) is 25.7. The summed E-state index contributed by atoms with van der Waals surface area (Å²) >= 11 is 0. The summed E-state index contributed by atoms with van der Waals surface area (Å²) < 4.78 is 3.56. The minimum absolute atomic E-state index is 0.0423. The molecule has 0 radical (unpaired) electrons. The fourth-order valence-electron chi connectivity index (χ4n) is 2.69. The molecular formula is C19H24N2O2Si. The van der Waals surface area contributed by atoms with E-state index in [9.17, 15) is 9.59 Å². The van der Waals surface area contributed by atoms with E-state index in [1.807, 2.05) is 67.6 Å². The molecule has 0 aromatic heterocycles. The third-order valence-corrected chi connectivity index (χ3v) is 9.40. The standard InChI is InChI=1S/C19H24N2O2Si/c1-5-24(4,20(2)18(22)16-12-8-6-9-13-16)21(3)19(23)17-14-10-7-11-15-17/h6-15H,5H2,1-4H3. The Hall–Kier alpha value is -2.40. The van der Waals surface area contributed by atoms with Gasteiger partial charge in [-0.1, -0.05) is 43.3 Å². The highest BCUT2D eigenvalue weighted by molar-refractivity contribution is 6.77. The van der Waals surface area contributed by atoms with Crippen molar-refractivity contribution in [3.8, 4) is 0 Å². The van der Waals surface area contributed by atoms with Crippen molar-refractivity contribution >= 4 is 20.2 Å². The van der Waals surface area contributed by atoms with Gasteiger partial charge in [0.25, 0.3) is 8.40 Å². The molecule has 2 aromatic carbocycles. The maximum Gasteiger partial charge on any atom is 0.265 e. The molecular weight excluding hydrogens is 316 g/mol. The van der Waals surface area contributed by atoms with E-state index in [-0.39, 0.29) is 11.8 Å². The number of rotatable bonds is 5. The Morgan fingerprint density at radius 2 is 1.12 bits per heavy atom. The van der Waals surface area contributed by atoms with Crippen molar-refractivity contribution in [1.29, 1.82) is 0 Å². The predicted octanol–water partition coefficient (Wildman–Crippen LogP) is 3.62. The Balaban J connectivity index is 2.29. The van der Waals surface area contributed by atoms with Crippen LogP contribution < -0.4 is 0 Å². The summed E-state index contributed by atoms with van der Waals surface area (Å²) in [6, 6.07) is 19.2. The van der Waals surface area contributed by atoms with Crippen LogP contribution in [0.1, 0.15) is 27.6 Å². The second kappa shape index (κ2) is 7.44. The quantitative estimate of drug-likeness (QED) is 0.780. The Bertz CT molecular complexity index is 646. The highest BCUT2D eigenvalue weighted by Crippen LogP contribution is 2.22. The molecule has 0 unspecified atom stereocenters. The van der Waals surface area contributed by atoms with Crippen molar-refractivity contribution < 1.29 is 9.59 Å². The zero-order valence-electron chi connectivity index (χ0n) is 14.7. The first kappa shape index (κ1) is 17.9. The Kier molecular flexibility index (Phi) is 5.57. The molecule has 0 atom stereocenters. The molecule has 0 saturated heterocycles. The molecule has 0 bridgehead atoms. The number of benzene rings is 2. The maximum atomic E-state index is 12.8. The average Bonchev–Trinajstić information content (AvgIpc) is 2.66. The lowest BCUT2D eigenvalue weighted by Crippen LogP contribution is -2.64. The highest BCUT2D eigenvalue weighted by Gasteiger charge is 2.41. The minimum atomic E-state index is -2.45. The molecule has 0 N–H and O–H groups in total. The van der Waals surface area contributed by atoms with E-state index in [0.29, 0.717) is 11.1 Å². The van der Waals surface area contributed by atoms with Crippen molar-refractivity contribution in [2.75, 3.05) is 14.1 Å². The van der Waals surface area contributed by atoms with Crippen LogP contribution in [-0.2, 0) is 0 Å². The number of nitrogens with zero attached hydrogens (tertiary/aromatic N) is 2. The summed E-state index contributed by atoms with van der Waals surface area (Å²) in [6.07, 6.45) is 0. The molecule has 0 heterocycles. The molecule has 2 rings (SSSR count). The van der Waals surface area contributed by atoms with E-state index in [1.165, 1.54) is 0 Å². The van der Waals surface area contributed by atoms with Gasteiger partial charge in [0, 0.05) is 25.2 Å². The second-order valence-corrected chi connectivity index (χ2v) is 10.5. The maximum absolute atomic E-state index is 12.8. The van der Waals surface area contributed by atoms with E-state index in [2.05, 4.69) is 6.55 Å². The van der Waals surface area contributed by atoms with Gasteiger partial charge in [-0.15, -0.1) is 0 Å². The van der Waals surface area contributed by atoms with E-state index in [1.54, 1.807) is 23.2 Å². The van der Waals surface area contributed by atoms with Gasteiger partial charge < -0.3 is 9.13 Å². The average molecular weight is 340 g/mol. The highest BCUT2D eigenvalue weighted by atomic mass is 28.3. The SMILES string of the molecule is CC[Si](C)(N(C)C(=O)c1ccccc1)N(C)C(=O)c1ccccc1. The third-order valence-electron chi connectivity index (χ3n) is 4.77. The van der Waals surface area contributed by atoms with Crippen LogP contribution in [0, 0.1) is 0 Å². The zero-order valence-corrected chi connectivity index (χ0v) is 15.7. The van der Waals surface area contributed by atoms with Gasteiger partial charge in [-0.2, -0.15) is 0 Å². The van der Waals surface area contributed by atoms with E-state index < -0.39 is 8.40 Å². The van der Waals surface area contributed by atoms with Gasteiger partial charge in [0.2, 0.25) is 11.8 Å².